The molecule has 0 atom stereocenters. The van der Waals surface area contributed by atoms with Crippen molar-refractivity contribution in [3.05, 3.63) is 101 Å². The van der Waals surface area contributed by atoms with Crippen LogP contribution in [0.4, 0.5) is 17.5 Å². The summed E-state index contributed by atoms with van der Waals surface area (Å²) in [4.78, 5) is 40.8. The van der Waals surface area contributed by atoms with Gasteiger partial charge in [0, 0.05) is 108 Å². The molecule has 0 bridgehead atoms. The molecular formula is C58H77ClN12O4. The van der Waals surface area contributed by atoms with E-state index in [9.17, 15) is 0 Å². The molecule has 17 heteroatoms. The monoisotopic (exact) mass is 1040 g/mol. The molecule has 400 valence electrons. The second kappa shape index (κ2) is 25.6. The van der Waals surface area contributed by atoms with Crippen molar-refractivity contribution in [2.75, 3.05) is 148 Å². The summed E-state index contributed by atoms with van der Waals surface area (Å²) in [6.07, 6.45) is 12.8. The smallest absolute Gasteiger partial charge is 0.140 e. The Labute approximate surface area is 448 Å². The lowest BCUT2D eigenvalue weighted by Crippen LogP contribution is -2.40. The molecular weight excluding hydrogens is 964 g/mol. The molecule has 4 saturated heterocycles. The predicted molar refractivity (Wildman–Crippen MR) is 300 cm³/mol. The average Bonchev–Trinajstić information content (AvgIpc) is 4.43. The normalized spacial score (nSPS) is 19.1. The molecule has 1 N–H and O–H groups in total. The third-order valence-corrected chi connectivity index (χ3v) is 16.0. The number of ether oxygens (including phenoxy) is 4. The number of benzene rings is 2. The van der Waals surface area contributed by atoms with E-state index < -0.39 is 0 Å². The maximum absolute atomic E-state index is 6.18. The summed E-state index contributed by atoms with van der Waals surface area (Å²) in [5.74, 6) is 9.03. The molecule has 0 spiro atoms. The Bertz CT molecular complexity index is 2790. The van der Waals surface area contributed by atoms with Crippen LogP contribution >= 0.6 is 11.6 Å². The lowest BCUT2D eigenvalue weighted by molar-refractivity contribution is 0.0386. The lowest BCUT2D eigenvalue weighted by Gasteiger charge is -2.34. The minimum atomic E-state index is 0.487. The van der Waals surface area contributed by atoms with Crippen molar-refractivity contribution in [2.24, 2.45) is 0 Å². The van der Waals surface area contributed by atoms with E-state index in [1.807, 2.05) is 31.4 Å². The molecule has 4 aliphatic heterocycles. The molecule has 4 aromatic heterocycles. The van der Waals surface area contributed by atoms with E-state index in [1.165, 1.54) is 36.8 Å². The van der Waals surface area contributed by atoms with Crippen LogP contribution < -0.4 is 29.5 Å². The zero-order valence-electron chi connectivity index (χ0n) is 44.6. The van der Waals surface area contributed by atoms with Crippen molar-refractivity contribution in [3.63, 3.8) is 0 Å². The van der Waals surface area contributed by atoms with Gasteiger partial charge in [-0.1, -0.05) is 48.0 Å². The van der Waals surface area contributed by atoms with Gasteiger partial charge < -0.3 is 39.0 Å². The number of piperidine rings is 2. The van der Waals surface area contributed by atoms with Crippen LogP contribution in [0.15, 0.2) is 73.1 Å². The third-order valence-electron chi connectivity index (χ3n) is 15.8. The van der Waals surface area contributed by atoms with Gasteiger partial charge >= 0.3 is 0 Å². The molecule has 2 aromatic carbocycles. The van der Waals surface area contributed by atoms with E-state index in [0.29, 0.717) is 28.8 Å². The largest absolute Gasteiger partial charge is 0.496 e. The van der Waals surface area contributed by atoms with Crippen LogP contribution in [0, 0.1) is 0 Å². The molecule has 6 fully saturated rings. The van der Waals surface area contributed by atoms with Crippen LogP contribution in [0.25, 0.3) is 21.8 Å². The number of morpholine rings is 2. The van der Waals surface area contributed by atoms with Crippen LogP contribution in [0.3, 0.4) is 0 Å². The number of fused-ring (bicyclic) bond motifs is 2. The number of rotatable bonds is 15. The minimum absolute atomic E-state index is 0.487. The van der Waals surface area contributed by atoms with Gasteiger partial charge in [-0.2, -0.15) is 0 Å². The van der Waals surface area contributed by atoms with Gasteiger partial charge in [0.05, 0.1) is 64.1 Å². The Hall–Kier alpha value is -5.49. The summed E-state index contributed by atoms with van der Waals surface area (Å²) in [6.45, 7) is 15.7. The maximum atomic E-state index is 6.18. The number of anilines is 3. The fourth-order valence-electron chi connectivity index (χ4n) is 10.9. The molecule has 6 aliphatic rings. The van der Waals surface area contributed by atoms with Crippen LogP contribution in [-0.4, -0.2) is 173 Å². The lowest BCUT2D eigenvalue weighted by atomic mass is 9.88. The predicted octanol–water partition coefficient (Wildman–Crippen LogP) is 8.55. The average molecular weight is 1040 g/mol. The summed E-state index contributed by atoms with van der Waals surface area (Å²) in [7, 11) is 7.63. The summed E-state index contributed by atoms with van der Waals surface area (Å²) in [5, 5.41) is 5.73. The van der Waals surface area contributed by atoms with Gasteiger partial charge in [-0.3, -0.25) is 9.80 Å². The molecule has 16 nitrogen and oxygen atoms in total. The first-order chi connectivity index (χ1) is 36.8. The Morgan fingerprint density at radius 1 is 0.587 bits per heavy atom. The highest BCUT2D eigenvalue weighted by Gasteiger charge is 2.32. The highest BCUT2D eigenvalue weighted by molar-refractivity contribution is 6.30. The summed E-state index contributed by atoms with van der Waals surface area (Å²) in [6, 6.07) is 20.9. The van der Waals surface area contributed by atoms with Gasteiger partial charge in [0.2, 0.25) is 0 Å². The summed E-state index contributed by atoms with van der Waals surface area (Å²) < 4.78 is 21.9. The first-order valence-electron chi connectivity index (χ1n) is 27.6. The second-order valence-corrected chi connectivity index (χ2v) is 21.3. The molecule has 0 radical (unpaired) electrons. The fraction of sp³-hybridized carbons (Fsp3) is 0.552. The van der Waals surface area contributed by atoms with Gasteiger partial charge in [-0.15, -0.1) is 0 Å². The number of pyridine rings is 2. The number of hydrogen-bond donors (Lipinski definition) is 1. The van der Waals surface area contributed by atoms with Crippen LogP contribution in [0.1, 0.15) is 97.8 Å². The zero-order chi connectivity index (χ0) is 51.5. The maximum Gasteiger partial charge on any atom is 0.140 e. The van der Waals surface area contributed by atoms with Crippen molar-refractivity contribution >= 4 is 50.9 Å². The topological polar surface area (TPSA) is 142 Å². The second-order valence-electron chi connectivity index (χ2n) is 20.9. The molecule has 0 amide bonds. The van der Waals surface area contributed by atoms with Gasteiger partial charge in [0.1, 0.15) is 45.8 Å². The van der Waals surface area contributed by atoms with E-state index in [0.717, 1.165) is 193 Å². The van der Waals surface area contributed by atoms with Gasteiger partial charge in [0.25, 0.3) is 0 Å². The Morgan fingerprint density at radius 2 is 1.05 bits per heavy atom. The number of halogens is 1. The van der Waals surface area contributed by atoms with Crippen molar-refractivity contribution in [1.29, 1.82) is 0 Å². The first-order valence-corrected chi connectivity index (χ1v) is 28.0. The Balaban J connectivity index is 0.000000148. The number of methoxy groups -OCH3 is 2. The van der Waals surface area contributed by atoms with Crippen LogP contribution in [0.5, 0.6) is 11.5 Å². The molecule has 75 heavy (non-hydrogen) atoms. The van der Waals surface area contributed by atoms with E-state index >= 15 is 0 Å². The number of likely N-dealkylation sites (N-methyl/N-ethyl adjacent to an activating group) is 2. The number of nitrogens with zero attached hydrogens (tertiary/aromatic N) is 11. The van der Waals surface area contributed by atoms with Crippen molar-refractivity contribution in [2.45, 2.75) is 75.0 Å². The number of hydrogen-bond acceptors (Lipinski definition) is 16. The molecule has 8 heterocycles. The van der Waals surface area contributed by atoms with Gasteiger partial charge in [-0.05, 0) is 106 Å². The van der Waals surface area contributed by atoms with Crippen LogP contribution in [0.2, 0.25) is 5.15 Å². The molecule has 6 aromatic rings. The standard InChI is InChI=1S/C29H38N6O2.C22H23ClN4O.C7H16N2O/c1-33(13-14-34-15-17-37-18-16-34)27-19-24-25(20-30-27)31-28(22-7-8-22)32-29(24)35-11-9-21(10-12-35)23-5-3-4-6-26(23)36-2;1-28-19-5-3-2-4-16(19)14-8-10-27(11-9-14)22-17-12-20(23)24-13-18(17)25-21(26-22)15-6-7-15;1-8-2-3-9-4-6-10-7-5-9/h3-6,19-22H,7-18H2,1-2H3;2-5,12-15H,6-11H2,1H3;8H,2-7H2,1H3. The Morgan fingerprint density at radius 3 is 1.53 bits per heavy atom. The quantitative estimate of drug-likeness (QED) is 0.0981. The van der Waals surface area contributed by atoms with E-state index in [4.69, 9.17) is 55.5 Å². The van der Waals surface area contributed by atoms with E-state index in [-0.39, 0.29) is 0 Å². The van der Waals surface area contributed by atoms with Gasteiger partial charge in [-0.25, -0.2) is 29.9 Å². The highest BCUT2D eigenvalue weighted by Crippen LogP contribution is 2.43. The molecule has 2 aliphatic carbocycles. The van der Waals surface area contributed by atoms with Crippen molar-refractivity contribution in [1.82, 2.24) is 45.0 Å². The highest BCUT2D eigenvalue weighted by atomic mass is 35.5. The minimum Gasteiger partial charge on any atom is -0.496 e. The number of nitrogens with one attached hydrogen (secondary N) is 1. The fourth-order valence-corrected chi connectivity index (χ4v) is 11.1. The summed E-state index contributed by atoms with van der Waals surface area (Å²) >= 11 is 6.18. The van der Waals surface area contributed by atoms with Gasteiger partial charge in [0.15, 0.2) is 0 Å². The number of aromatic nitrogens is 6. The zero-order valence-corrected chi connectivity index (χ0v) is 45.4. The molecule has 0 unspecified atom stereocenters. The van der Waals surface area contributed by atoms with E-state index in [1.54, 1.807) is 20.4 Å². The summed E-state index contributed by atoms with van der Waals surface area (Å²) in [5.41, 5.74) is 4.49. The SMILES string of the molecule is CNCCN1CCOCC1.COc1ccccc1C1CCN(c2nc(C3CC3)nc3cnc(Cl)cc23)CC1.COc1ccccc1C1CCN(c2nc(C3CC3)nc3cnc(N(C)CCN4CCOCC4)cc23)CC1. The Kier molecular flexibility index (Phi) is 18.0. The molecule has 2 saturated carbocycles. The number of para-hydroxylation sites is 2. The third kappa shape index (κ3) is 13.6. The first kappa shape index (κ1) is 52.9. The molecule has 12 rings (SSSR count). The van der Waals surface area contributed by atoms with Crippen molar-refractivity contribution in [3.8, 4) is 11.5 Å². The van der Waals surface area contributed by atoms with Crippen LogP contribution in [-0.2, 0) is 9.47 Å². The van der Waals surface area contributed by atoms with E-state index in [2.05, 4.69) is 84.3 Å². The van der Waals surface area contributed by atoms with Crippen molar-refractivity contribution < 1.29 is 18.9 Å².